The highest BCUT2D eigenvalue weighted by Crippen LogP contribution is 2.37. The number of rotatable bonds is 17. The number of carbonyl (C=O) groups excluding carboxylic acids is 6. The van der Waals surface area contributed by atoms with E-state index in [0.717, 1.165) is 11.0 Å². The van der Waals surface area contributed by atoms with E-state index < -0.39 is 64.3 Å². The number of benzene rings is 3. The number of amides is 5. The van der Waals surface area contributed by atoms with Crippen molar-refractivity contribution in [1.82, 2.24) is 20.1 Å². The molecule has 0 saturated carbocycles. The first-order valence-corrected chi connectivity index (χ1v) is 21.7. The van der Waals surface area contributed by atoms with Crippen LogP contribution in [0, 0.1) is 5.82 Å². The van der Waals surface area contributed by atoms with Gasteiger partial charge in [-0.2, -0.15) is 13.2 Å². The average molecular weight is 932 g/mol. The molecule has 0 radical (unpaired) electrons. The van der Waals surface area contributed by atoms with E-state index in [1.54, 1.807) is 24.3 Å². The third-order valence-corrected chi connectivity index (χ3v) is 12.1. The van der Waals surface area contributed by atoms with E-state index in [1.165, 1.54) is 24.3 Å². The molecule has 3 aliphatic rings. The molecule has 20 heteroatoms. The van der Waals surface area contributed by atoms with Crippen LogP contribution in [0.2, 0.25) is 0 Å². The normalized spacial score (nSPS) is 18.8. The van der Waals surface area contributed by atoms with Crippen LogP contribution in [0.15, 0.2) is 71.7 Å². The molecule has 0 bridgehead atoms. The molecule has 4 aromatic rings. The van der Waals surface area contributed by atoms with Crippen LogP contribution in [0.1, 0.15) is 86.5 Å². The highest BCUT2D eigenvalue weighted by molar-refractivity contribution is 6.25. The Kier molecular flexibility index (Phi) is 14.7. The fourth-order valence-electron chi connectivity index (χ4n) is 8.41. The molecular weight excluding hydrogens is 883 g/mol. The van der Waals surface area contributed by atoms with Crippen LogP contribution in [0.25, 0.3) is 11.1 Å². The zero-order valence-corrected chi connectivity index (χ0v) is 36.9. The Hall–Kier alpha value is -6.77. The van der Waals surface area contributed by atoms with Gasteiger partial charge in [-0.05, 0) is 69.6 Å². The number of Topliss-reactive ketones (excluding diaryl/α,β-unsaturated/α-hetero) is 1. The van der Waals surface area contributed by atoms with E-state index in [1.807, 2.05) is 25.8 Å². The van der Waals surface area contributed by atoms with Crippen molar-refractivity contribution in [2.75, 3.05) is 68.6 Å². The van der Waals surface area contributed by atoms with Crippen LogP contribution in [0.3, 0.4) is 0 Å². The summed E-state index contributed by atoms with van der Waals surface area (Å²) < 4.78 is 68.7. The van der Waals surface area contributed by atoms with Crippen molar-refractivity contribution < 1.29 is 55.8 Å². The molecule has 7 rings (SSSR count). The average Bonchev–Trinajstić information content (AvgIpc) is 3.54. The first kappa shape index (κ1) is 48.2. The summed E-state index contributed by atoms with van der Waals surface area (Å²) >= 11 is 0. The molecule has 3 atom stereocenters. The van der Waals surface area contributed by atoms with Crippen LogP contribution in [0.5, 0.6) is 0 Å². The van der Waals surface area contributed by atoms with Gasteiger partial charge < -0.3 is 30.0 Å². The number of ether oxygens (including phenoxy) is 2. The fraction of sp³-hybridized carbons (Fsp3) is 0.383. The van der Waals surface area contributed by atoms with Gasteiger partial charge in [0.2, 0.25) is 17.4 Å². The van der Waals surface area contributed by atoms with Gasteiger partial charge >= 0.3 is 6.18 Å². The number of pyridine rings is 1. The van der Waals surface area contributed by atoms with Gasteiger partial charge in [0.25, 0.3) is 17.7 Å². The monoisotopic (exact) mass is 931 g/mol. The maximum atomic E-state index is 15.8. The van der Waals surface area contributed by atoms with Crippen molar-refractivity contribution in [1.29, 1.82) is 0 Å². The summed E-state index contributed by atoms with van der Waals surface area (Å²) in [4.78, 5) is 95.8. The van der Waals surface area contributed by atoms with Crippen LogP contribution in [0.4, 0.5) is 34.6 Å². The highest BCUT2D eigenvalue weighted by atomic mass is 19.4. The minimum atomic E-state index is -4.99. The number of alkyl halides is 3. The third kappa shape index (κ3) is 10.8. The zero-order valence-electron chi connectivity index (χ0n) is 36.9. The summed E-state index contributed by atoms with van der Waals surface area (Å²) in [6.07, 6.45) is -3.82. The number of halogens is 4. The molecule has 16 nitrogen and oxygen atoms in total. The Bertz CT molecular complexity index is 2640. The van der Waals surface area contributed by atoms with Crippen molar-refractivity contribution in [3.63, 3.8) is 0 Å². The second-order valence-corrected chi connectivity index (χ2v) is 16.6. The van der Waals surface area contributed by atoms with E-state index in [2.05, 4.69) is 25.8 Å². The molecule has 2 saturated heterocycles. The number of imide groups is 2. The van der Waals surface area contributed by atoms with Crippen molar-refractivity contribution in [3.8, 4) is 11.1 Å². The van der Waals surface area contributed by atoms with E-state index in [-0.39, 0.29) is 98.0 Å². The lowest BCUT2D eigenvalue weighted by Gasteiger charge is -2.44. The Morgan fingerprint density at radius 2 is 1.58 bits per heavy atom. The van der Waals surface area contributed by atoms with Gasteiger partial charge in [0.1, 0.15) is 11.9 Å². The second kappa shape index (κ2) is 20.4. The predicted octanol–water partition coefficient (Wildman–Crippen LogP) is 5.49. The maximum absolute atomic E-state index is 15.8. The van der Waals surface area contributed by atoms with E-state index >= 15 is 4.39 Å². The van der Waals surface area contributed by atoms with Gasteiger partial charge in [-0.25, -0.2) is 4.39 Å². The molecular formula is C47H49F4N7O9. The van der Waals surface area contributed by atoms with Crippen molar-refractivity contribution in [3.05, 3.63) is 111 Å². The molecule has 1 aromatic heterocycles. The molecule has 4 heterocycles. The number of fused-ring (bicyclic) bond motifs is 1. The van der Waals surface area contributed by atoms with Gasteiger partial charge in [-0.1, -0.05) is 24.3 Å². The van der Waals surface area contributed by atoms with Crippen LogP contribution in [-0.4, -0.2) is 121 Å². The molecule has 1 unspecified atom stereocenters. The standard InChI is InChI=1S/C47H49F4N7O9/c1-26-24-57(25-27(2)56(26)3)37-12-10-28(21-36(37)54-43(62)32-23-53-41(61)22-33(32)47(49,50)51)30-11-9-29(20-34(30)48)39(59)8-5-16-66-18-19-67-17-15-52-35-7-4-6-31-42(35)46(65)58(45(31)64)38-13-14-40(60)55-44(38)63/h4,6-7,9-12,20-23,26-27,38,52H,5,8,13-19,24-25H2,1-3H3,(H,53,61)(H,54,62)(H,55,60,63)/t26-,27+,38?. The lowest BCUT2D eigenvalue weighted by Crippen LogP contribution is -2.55. The predicted molar refractivity (Wildman–Crippen MR) is 238 cm³/mol. The van der Waals surface area contributed by atoms with E-state index in [9.17, 15) is 46.7 Å². The Morgan fingerprint density at radius 3 is 2.28 bits per heavy atom. The smallest absolute Gasteiger partial charge is 0.382 e. The number of ketones is 1. The van der Waals surface area contributed by atoms with Gasteiger partial charge in [0.15, 0.2) is 5.78 Å². The number of aromatic amines is 1. The molecule has 354 valence electrons. The van der Waals surface area contributed by atoms with Gasteiger partial charge in [-0.3, -0.25) is 48.7 Å². The topological polar surface area (TPSA) is 200 Å². The van der Waals surface area contributed by atoms with Gasteiger partial charge in [0, 0.05) is 80.2 Å². The number of nitrogens with one attached hydrogen (secondary N) is 4. The lowest BCUT2D eigenvalue weighted by atomic mass is 9.98. The number of hydrogen-bond donors (Lipinski definition) is 4. The minimum absolute atomic E-state index is 0.0164. The van der Waals surface area contributed by atoms with Crippen molar-refractivity contribution >= 4 is 52.4 Å². The summed E-state index contributed by atoms with van der Waals surface area (Å²) in [7, 11) is 1.98. The third-order valence-electron chi connectivity index (χ3n) is 12.1. The quantitative estimate of drug-likeness (QED) is 0.0450. The number of carbonyl (C=O) groups is 6. The van der Waals surface area contributed by atoms with E-state index in [4.69, 9.17) is 9.47 Å². The zero-order chi connectivity index (χ0) is 48.2. The number of nitrogens with zero attached hydrogens (tertiary/aromatic N) is 3. The fourth-order valence-corrected chi connectivity index (χ4v) is 8.41. The molecule has 4 N–H and O–H groups in total. The van der Waals surface area contributed by atoms with Gasteiger partial charge in [0.05, 0.1) is 53.4 Å². The minimum Gasteiger partial charge on any atom is -0.382 e. The summed E-state index contributed by atoms with van der Waals surface area (Å²) in [5.41, 5.74) is -1.39. The second-order valence-electron chi connectivity index (χ2n) is 16.6. The van der Waals surface area contributed by atoms with Crippen LogP contribution in [-0.2, 0) is 25.2 Å². The first-order valence-electron chi connectivity index (χ1n) is 21.7. The number of hydrogen-bond acceptors (Lipinski definition) is 12. The Morgan fingerprint density at radius 1 is 0.851 bits per heavy atom. The molecule has 0 aliphatic carbocycles. The van der Waals surface area contributed by atoms with Gasteiger partial charge in [-0.15, -0.1) is 0 Å². The number of likely N-dealkylation sites (N-methyl/N-ethyl adjacent to an activating group) is 1. The Balaban J connectivity index is 0.896. The molecule has 3 aromatic carbocycles. The molecule has 5 amide bonds. The lowest BCUT2D eigenvalue weighted by molar-refractivity contribution is -0.138. The number of piperazine rings is 1. The number of piperidine rings is 1. The number of aromatic nitrogens is 1. The van der Waals surface area contributed by atoms with E-state index in [0.29, 0.717) is 48.7 Å². The van der Waals surface area contributed by atoms with Crippen LogP contribution < -0.4 is 26.4 Å². The molecule has 2 fully saturated rings. The van der Waals surface area contributed by atoms with Crippen LogP contribution >= 0.6 is 0 Å². The maximum Gasteiger partial charge on any atom is 0.417 e. The summed E-state index contributed by atoms with van der Waals surface area (Å²) in [6.45, 7) is 6.27. The van der Waals surface area contributed by atoms with Crippen molar-refractivity contribution in [2.24, 2.45) is 0 Å². The summed E-state index contributed by atoms with van der Waals surface area (Å²) in [5, 5.41) is 7.85. The molecule has 0 spiro atoms. The van der Waals surface area contributed by atoms with Crippen molar-refractivity contribution in [2.45, 2.75) is 63.8 Å². The highest BCUT2D eigenvalue weighted by Gasteiger charge is 2.45. The Labute approximate surface area is 382 Å². The largest absolute Gasteiger partial charge is 0.417 e. The SMILES string of the molecule is C[C@@H]1CN(c2ccc(-c3ccc(C(=O)CCCOCCOCCNc4cccc5c4C(=O)N(C4CCC(=O)NC4=O)C5=O)cc3F)cc2NC(=O)c2c[nH]c(=O)cc2C(F)(F)F)C[C@H](C)N1C. The number of H-pyrrole nitrogens is 1. The summed E-state index contributed by atoms with van der Waals surface area (Å²) in [6, 6.07) is 13.0. The summed E-state index contributed by atoms with van der Waals surface area (Å²) in [5.74, 6) is -4.56. The number of anilines is 3. The first-order chi connectivity index (χ1) is 31.9. The molecule has 67 heavy (non-hydrogen) atoms. The molecule has 3 aliphatic heterocycles.